The summed E-state index contributed by atoms with van der Waals surface area (Å²) in [6.07, 6.45) is 10.5. The molecule has 0 N–H and O–H groups in total. The van der Waals surface area contributed by atoms with E-state index in [0.717, 1.165) is 73.2 Å². The van der Waals surface area contributed by atoms with E-state index in [9.17, 15) is 21.0 Å². The molecule has 0 saturated carbocycles. The van der Waals surface area contributed by atoms with Gasteiger partial charge in [-0.15, -0.1) is 0 Å². The lowest BCUT2D eigenvalue weighted by Gasteiger charge is -2.26. The molecule has 0 spiro atoms. The molecule has 0 radical (unpaired) electrons. The van der Waals surface area contributed by atoms with Crippen LogP contribution in [-0.2, 0) is 6.42 Å². The zero-order chi connectivity index (χ0) is 35.8. The summed E-state index contributed by atoms with van der Waals surface area (Å²) in [4.78, 5) is 0. The fourth-order valence-corrected chi connectivity index (χ4v) is 8.72. The highest BCUT2D eigenvalue weighted by atomic mass is 16.3. The van der Waals surface area contributed by atoms with Gasteiger partial charge in [-0.05, 0) is 78.9 Å². The minimum absolute atomic E-state index is 0.0231. The molecule has 0 fully saturated rings. The second-order valence-electron chi connectivity index (χ2n) is 13.5. The molecule has 7 heteroatoms. The van der Waals surface area contributed by atoms with E-state index < -0.39 is 0 Å². The predicted molar refractivity (Wildman–Crippen MR) is 207 cm³/mol. The van der Waals surface area contributed by atoms with Crippen LogP contribution < -0.4 is 0 Å². The highest BCUT2D eigenvalue weighted by Crippen LogP contribution is 2.46. The average Bonchev–Trinajstić information content (AvgIpc) is 3.87. The van der Waals surface area contributed by atoms with Crippen LogP contribution in [-0.4, -0.2) is 9.13 Å². The molecule has 0 bridgehead atoms. The van der Waals surface area contributed by atoms with Gasteiger partial charge in [-0.25, -0.2) is 0 Å². The number of fused-ring (bicyclic) bond motifs is 10. The van der Waals surface area contributed by atoms with Gasteiger partial charge < -0.3 is 13.6 Å². The Labute approximate surface area is 303 Å². The van der Waals surface area contributed by atoms with E-state index in [4.69, 9.17) is 4.42 Å². The number of furan rings is 1. The number of rotatable bonds is 3. The first kappa shape index (κ1) is 30.3. The Balaban J connectivity index is 1.21. The lowest BCUT2D eigenvalue weighted by molar-refractivity contribution is 0.603. The summed E-state index contributed by atoms with van der Waals surface area (Å²) in [6.45, 7) is 0. The summed E-state index contributed by atoms with van der Waals surface area (Å²) in [5.41, 5.74) is 9.37. The molecule has 0 saturated heterocycles. The summed E-state index contributed by atoms with van der Waals surface area (Å²) in [5, 5.41) is 47.3. The second-order valence-corrected chi connectivity index (χ2v) is 13.5. The van der Waals surface area contributed by atoms with Gasteiger partial charge in [0.1, 0.15) is 29.4 Å². The van der Waals surface area contributed by atoms with Crippen LogP contribution in [0.1, 0.15) is 52.4 Å². The quantitative estimate of drug-likeness (QED) is 0.184. The topological polar surface area (TPSA) is 118 Å². The maximum absolute atomic E-state index is 10.9. The maximum Gasteiger partial charge on any atom is 0.145 e. The van der Waals surface area contributed by atoms with Gasteiger partial charge in [0.15, 0.2) is 0 Å². The SMILES string of the molecule is N#CC1=CC(c2c(-n3c4ccccc4c4ccccc43)cc(C#N)c(C#N)c2C#N)=CCC1n1c2c(c3c4oc5ccccc5c4ccc31)CCC=C2. The first-order valence-electron chi connectivity index (χ1n) is 17.5. The van der Waals surface area contributed by atoms with Gasteiger partial charge >= 0.3 is 0 Å². The zero-order valence-electron chi connectivity index (χ0n) is 28.3. The number of aromatic nitrogens is 2. The number of nitriles is 4. The van der Waals surface area contributed by atoms with Crippen molar-refractivity contribution in [2.45, 2.75) is 25.3 Å². The molecule has 2 aliphatic carbocycles. The lowest BCUT2D eigenvalue weighted by atomic mass is 9.85. The molecular weight excluding hydrogens is 653 g/mol. The normalized spacial score (nSPS) is 15.2. The Hall–Kier alpha value is -7.58. The lowest BCUT2D eigenvalue weighted by Crippen LogP contribution is -2.16. The molecule has 1 unspecified atom stereocenters. The fourth-order valence-electron chi connectivity index (χ4n) is 8.72. The summed E-state index contributed by atoms with van der Waals surface area (Å²) >= 11 is 0. The van der Waals surface area contributed by atoms with Crippen molar-refractivity contribution in [2.24, 2.45) is 0 Å². The number of nitrogens with zero attached hydrogens (tertiary/aromatic N) is 6. The molecule has 0 aliphatic heterocycles. The Morgan fingerprint density at radius 1 is 0.698 bits per heavy atom. The molecule has 3 heterocycles. The van der Waals surface area contributed by atoms with Crippen molar-refractivity contribution in [3.8, 4) is 30.0 Å². The van der Waals surface area contributed by atoms with Crippen LogP contribution in [0.2, 0.25) is 0 Å². The van der Waals surface area contributed by atoms with E-state index in [2.05, 4.69) is 82.0 Å². The highest BCUT2D eigenvalue weighted by molar-refractivity contribution is 6.16. The fraction of sp³-hybridized carbons (Fsp3) is 0.0870. The Morgan fingerprint density at radius 3 is 2.13 bits per heavy atom. The molecule has 2 aliphatic rings. The largest absolute Gasteiger partial charge is 0.455 e. The van der Waals surface area contributed by atoms with Crippen LogP contribution in [0.3, 0.4) is 0 Å². The van der Waals surface area contributed by atoms with Crippen molar-refractivity contribution in [3.05, 3.63) is 148 Å². The van der Waals surface area contributed by atoms with Crippen molar-refractivity contribution >= 4 is 66.3 Å². The molecule has 7 nitrogen and oxygen atoms in total. The number of hydrogen-bond acceptors (Lipinski definition) is 5. The van der Waals surface area contributed by atoms with Crippen molar-refractivity contribution in [1.82, 2.24) is 9.13 Å². The molecular formula is C46H26N6O. The first-order valence-corrected chi connectivity index (χ1v) is 17.5. The number of hydrogen-bond donors (Lipinski definition) is 0. The first-order chi connectivity index (χ1) is 26.1. The summed E-state index contributed by atoms with van der Waals surface area (Å²) in [7, 11) is 0. The minimum Gasteiger partial charge on any atom is -0.455 e. The predicted octanol–water partition coefficient (Wildman–Crippen LogP) is 10.7. The van der Waals surface area contributed by atoms with Crippen LogP contribution in [0.25, 0.3) is 72.0 Å². The van der Waals surface area contributed by atoms with E-state index >= 15 is 0 Å². The van der Waals surface area contributed by atoms with Gasteiger partial charge in [0, 0.05) is 38.2 Å². The van der Waals surface area contributed by atoms with Gasteiger partial charge in [0.05, 0.1) is 56.6 Å². The van der Waals surface area contributed by atoms with Gasteiger partial charge in [0.25, 0.3) is 0 Å². The Morgan fingerprint density at radius 2 is 1.42 bits per heavy atom. The van der Waals surface area contributed by atoms with Crippen LogP contribution in [0.4, 0.5) is 0 Å². The van der Waals surface area contributed by atoms with Gasteiger partial charge in [-0.1, -0.05) is 66.7 Å². The van der Waals surface area contributed by atoms with Crippen LogP contribution >= 0.6 is 0 Å². The standard InChI is InChI=1S/C46H26N6O/c47-23-28-22-42(52-38-13-5-1-9-30(38)31-10-2-6-14-39(31)52)44(36(26-50)35(28)25-49)27-17-19-37(29(21-27)24-48)51-40-15-7-3-12-34(40)45-41(51)20-18-33-32-11-4-8-16-43(32)53-46(33)45/h1-2,4-11,13-18,20-22,37H,3,12,19H2. The highest BCUT2D eigenvalue weighted by Gasteiger charge is 2.31. The number of allylic oxidation sites excluding steroid dienone is 5. The van der Waals surface area contributed by atoms with Crippen molar-refractivity contribution < 1.29 is 4.42 Å². The summed E-state index contributed by atoms with van der Waals surface area (Å²) in [5.74, 6) is 0. The third-order valence-electron chi connectivity index (χ3n) is 10.9. The molecule has 10 rings (SSSR count). The summed E-state index contributed by atoms with van der Waals surface area (Å²) in [6, 6.07) is 38.9. The third kappa shape index (κ3) is 4.17. The van der Waals surface area contributed by atoms with E-state index in [-0.39, 0.29) is 22.7 Å². The smallest absolute Gasteiger partial charge is 0.145 e. The summed E-state index contributed by atoms with van der Waals surface area (Å²) < 4.78 is 10.9. The van der Waals surface area contributed by atoms with Crippen LogP contribution in [0, 0.1) is 45.3 Å². The van der Waals surface area contributed by atoms with Crippen molar-refractivity contribution in [3.63, 3.8) is 0 Å². The molecule has 3 aromatic heterocycles. The number of benzene rings is 5. The zero-order valence-corrected chi connectivity index (χ0v) is 28.3. The van der Waals surface area contributed by atoms with E-state index in [0.29, 0.717) is 28.8 Å². The Bertz CT molecular complexity index is 3150. The van der Waals surface area contributed by atoms with Crippen LogP contribution in [0.5, 0.6) is 0 Å². The second kappa shape index (κ2) is 11.5. The van der Waals surface area contributed by atoms with E-state index in [1.54, 1.807) is 6.07 Å². The Kier molecular flexibility index (Phi) is 6.55. The van der Waals surface area contributed by atoms with E-state index in [1.807, 2.05) is 60.7 Å². The minimum atomic E-state index is -0.323. The molecule has 1 atom stereocenters. The molecule has 53 heavy (non-hydrogen) atoms. The monoisotopic (exact) mass is 678 g/mol. The molecule has 5 aromatic carbocycles. The van der Waals surface area contributed by atoms with Crippen LogP contribution in [0.15, 0.2) is 119 Å². The van der Waals surface area contributed by atoms with E-state index in [1.165, 1.54) is 5.56 Å². The number of aryl methyl sites for hydroxylation is 1. The maximum atomic E-state index is 10.9. The third-order valence-corrected chi connectivity index (χ3v) is 10.9. The van der Waals surface area contributed by atoms with Gasteiger partial charge in [-0.3, -0.25) is 0 Å². The number of para-hydroxylation sites is 3. The molecule has 8 aromatic rings. The van der Waals surface area contributed by atoms with Crippen molar-refractivity contribution in [2.75, 3.05) is 0 Å². The molecule has 0 amide bonds. The molecule has 246 valence electrons. The average molecular weight is 679 g/mol. The van der Waals surface area contributed by atoms with Gasteiger partial charge in [0.2, 0.25) is 0 Å². The van der Waals surface area contributed by atoms with Crippen molar-refractivity contribution in [1.29, 1.82) is 21.0 Å². The van der Waals surface area contributed by atoms with Gasteiger partial charge in [-0.2, -0.15) is 21.0 Å².